The van der Waals surface area contributed by atoms with Gasteiger partial charge in [-0.15, -0.1) is 11.8 Å². The van der Waals surface area contributed by atoms with Gasteiger partial charge < -0.3 is 14.3 Å². The second-order valence-electron chi connectivity index (χ2n) is 8.55. The summed E-state index contributed by atoms with van der Waals surface area (Å²) in [7, 11) is 0. The molecule has 3 aromatic carbocycles. The van der Waals surface area contributed by atoms with Crippen molar-refractivity contribution >= 4 is 39.6 Å². The van der Waals surface area contributed by atoms with Gasteiger partial charge in [0.15, 0.2) is 5.76 Å². The first-order valence-corrected chi connectivity index (χ1v) is 12.6. The molecule has 0 fully saturated rings. The van der Waals surface area contributed by atoms with Crippen molar-refractivity contribution in [2.24, 2.45) is 0 Å². The number of carboxylic acid groups (broad SMARTS) is 1. The van der Waals surface area contributed by atoms with E-state index in [1.807, 2.05) is 75.6 Å². The van der Waals surface area contributed by atoms with Crippen LogP contribution in [0.1, 0.15) is 40.1 Å². The number of ether oxygens (including phenoxy) is 1. The maximum Gasteiger partial charge on any atom is 0.336 e. The maximum absolute atomic E-state index is 12.4. The Kier molecular flexibility index (Phi) is 5.99. The number of aromatic carboxylic acids is 1. The van der Waals surface area contributed by atoms with Crippen LogP contribution in [-0.2, 0) is 0 Å². The number of benzene rings is 3. The number of hydrogen-bond donors (Lipinski definition) is 1. The number of pyridine rings is 1. The van der Waals surface area contributed by atoms with Crippen LogP contribution in [-0.4, -0.2) is 22.3 Å². The molecule has 5 aromatic rings. The molecule has 0 radical (unpaired) electrons. The molecule has 5 rings (SSSR count). The first-order chi connectivity index (χ1) is 16.9. The highest BCUT2D eigenvalue weighted by atomic mass is 32.2. The summed E-state index contributed by atoms with van der Waals surface area (Å²) in [6.07, 6.45) is 1.77. The molecule has 1 atom stereocenters. The molecule has 0 aliphatic rings. The van der Waals surface area contributed by atoms with Crippen molar-refractivity contribution in [2.75, 3.05) is 6.26 Å². The van der Waals surface area contributed by atoms with Gasteiger partial charge in [0.25, 0.3) is 0 Å². The normalized spacial score (nSPS) is 12.2. The van der Waals surface area contributed by atoms with Gasteiger partial charge in [-0.3, -0.25) is 0 Å². The maximum atomic E-state index is 12.4. The molecular formula is C29H25NO4S. The lowest BCUT2D eigenvalue weighted by molar-refractivity contribution is 0.0698. The van der Waals surface area contributed by atoms with Crippen LogP contribution in [0.4, 0.5) is 0 Å². The number of aromatic nitrogens is 1. The molecule has 0 aliphatic carbocycles. The number of fused-ring (bicyclic) bond motifs is 2. The standard InChI is InChI=1S/C29H25NO4S/c1-16-9-14-25(33-18(3)19-10-12-20(35-4)13-11-19)26-22(29(31)32)15-23(30-27(16)26)28-17(2)21-7-5-6-8-24(21)34-28/h5-15,18H,1-4H3,(H,31,32)/t18-/m0/s1. The van der Waals surface area contributed by atoms with Crippen molar-refractivity contribution in [3.05, 3.63) is 89.0 Å². The molecule has 0 unspecified atom stereocenters. The van der Waals surface area contributed by atoms with Gasteiger partial charge in [-0.25, -0.2) is 9.78 Å². The van der Waals surface area contributed by atoms with Crippen LogP contribution >= 0.6 is 11.8 Å². The molecule has 0 aliphatic heterocycles. The van der Waals surface area contributed by atoms with Gasteiger partial charge in [-0.1, -0.05) is 36.4 Å². The summed E-state index contributed by atoms with van der Waals surface area (Å²) in [6.45, 7) is 5.84. The Morgan fingerprint density at radius 3 is 2.49 bits per heavy atom. The molecule has 2 heterocycles. The Labute approximate surface area is 207 Å². The van der Waals surface area contributed by atoms with Crippen LogP contribution in [0.25, 0.3) is 33.3 Å². The topological polar surface area (TPSA) is 72.6 Å². The largest absolute Gasteiger partial charge is 0.485 e. The van der Waals surface area contributed by atoms with E-state index in [9.17, 15) is 9.90 Å². The minimum absolute atomic E-state index is 0.133. The Hall–Kier alpha value is -3.77. The van der Waals surface area contributed by atoms with E-state index in [1.165, 1.54) is 4.90 Å². The molecule has 5 nitrogen and oxygen atoms in total. The summed E-state index contributed by atoms with van der Waals surface area (Å²) in [4.78, 5) is 18.5. The zero-order valence-corrected chi connectivity index (χ0v) is 20.8. The highest BCUT2D eigenvalue weighted by Crippen LogP contribution is 2.38. The Morgan fingerprint density at radius 2 is 1.80 bits per heavy atom. The Bertz CT molecular complexity index is 1570. The van der Waals surface area contributed by atoms with E-state index in [4.69, 9.17) is 14.1 Å². The zero-order chi connectivity index (χ0) is 24.7. The molecular weight excluding hydrogens is 458 g/mol. The molecule has 2 aromatic heterocycles. The summed E-state index contributed by atoms with van der Waals surface area (Å²) < 4.78 is 12.4. The van der Waals surface area contributed by atoms with E-state index >= 15 is 0 Å². The van der Waals surface area contributed by atoms with E-state index < -0.39 is 5.97 Å². The fraction of sp³-hybridized carbons (Fsp3) is 0.172. The molecule has 0 amide bonds. The molecule has 1 N–H and O–H groups in total. The monoisotopic (exact) mass is 483 g/mol. The highest BCUT2D eigenvalue weighted by Gasteiger charge is 2.22. The predicted octanol–water partition coefficient (Wildman–Crippen LogP) is 7.82. The van der Waals surface area contributed by atoms with Crippen molar-refractivity contribution in [1.82, 2.24) is 4.98 Å². The lowest BCUT2D eigenvalue weighted by Gasteiger charge is -2.19. The number of carbonyl (C=O) groups is 1. The number of hydrogen-bond acceptors (Lipinski definition) is 5. The molecule has 0 saturated heterocycles. The quantitative estimate of drug-likeness (QED) is 0.248. The first-order valence-electron chi connectivity index (χ1n) is 11.3. The molecule has 6 heteroatoms. The fourth-order valence-electron chi connectivity index (χ4n) is 4.38. The second-order valence-corrected chi connectivity index (χ2v) is 9.43. The van der Waals surface area contributed by atoms with Gasteiger partial charge >= 0.3 is 5.97 Å². The average Bonchev–Trinajstić information content (AvgIpc) is 3.21. The summed E-state index contributed by atoms with van der Waals surface area (Å²) in [5.41, 5.74) is 4.75. The SMILES string of the molecule is CSc1ccc([C@H](C)Oc2ccc(C)c3nc(-c4oc5ccccc5c4C)cc(C(=O)O)c23)cc1. The van der Waals surface area contributed by atoms with Crippen molar-refractivity contribution in [1.29, 1.82) is 0 Å². The minimum atomic E-state index is -1.04. The summed E-state index contributed by atoms with van der Waals surface area (Å²) in [5.74, 6) is 0.0215. The molecule has 0 saturated carbocycles. The average molecular weight is 484 g/mol. The van der Waals surface area contributed by atoms with Gasteiger partial charge in [0, 0.05) is 15.8 Å². The summed E-state index contributed by atoms with van der Waals surface area (Å²) >= 11 is 1.68. The number of aryl methyl sites for hydroxylation is 2. The van der Waals surface area contributed by atoms with Gasteiger partial charge in [-0.2, -0.15) is 0 Å². The van der Waals surface area contributed by atoms with Gasteiger partial charge in [0.2, 0.25) is 0 Å². The third kappa shape index (κ3) is 4.15. The van der Waals surface area contributed by atoms with Gasteiger partial charge in [-0.05, 0) is 68.5 Å². The Balaban J connectivity index is 1.65. The lowest BCUT2D eigenvalue weighted by Crippen LogP contribution is -2.07. The molecule has 176 valence electrons. The van der Waals surface area contributed by atoms with Crippen molar-refractivity contribution in [2.45, 2.75) is 31.8 Å². The number of carboxylic acids is 1. The predicted molar refractivity (Wildman–Crippen MR) is 141 cm³/mol. The minimum Gasteiger partial charge on any atom is -0.485 e. The van der Waals surface area contributed by atoms with Gasteiger partial charge in [0.05, 0.1) is 16.5 Å². The van der Waals surface area contributed by atoms with E-state index in [0.717, 1.165) is 27.7 Å². The third-order valence-electron chi connectivity index (χ3n) is 6.32. The smallest absolute Gasteiger partial charge is 0.336 e. The van der Waals surface area contributed by atoms with Crippen LogP contribution in [0.3, 0.4) is 0 Å². The lowest BCUT2D eigenvalue weighted by atomic mass is 10.0. The number of thioether (sulfide) groups is 1. The van der Waals surface area contributed by atoms with E-state index in [0.29, 0.717) is 28.1 Å². The van der Waals surface area contributed by atoms with E-state index in [-0.39, 0.29) is 11.7 Å². The van der Waals surface area contributed by atoms with Crippen molar-refractivity contribution < 1.29 is 19.1 Å². The molecule has 0 bridgehead atoms. The molecule has 35 heavy (non-hydrogen) atoms. The van der Waals surface area contributed by atoms with Crippen molar-refractivity contribution in [3.63, 3.8) is 0 Å². The number of furan rings is 1. The zero-order valence-electron chi connectivity index (χ0n) is 20.0. The third-order valence-corrected chi connectivity index (χ3v) is 7.06. The number of nitrogens with zero attached hydrogens (tertiary/aromatic N) is 1. The molecule has 0 spiro atoms. The summed E-state index contributed by atoms with van der Waals surface area (Å²) in [5, 5.41) is 11.6. The highest BCUT2D eigenvalue weighted by molar-refractivity contribution is 7.98. The second kappa shape index (κ2) is 9.12. The number of rotatable bonds is 6. The Morgan fingerprint density at radius 1 is 1.06 bits per heavy atom. The van der Waals surface area contributed by atoms with Crippen LogP contribution in [0.5, 0.6) is 5.75 Å². The number of para-hydroxylation sites is 1. The van der Waals surface area contributed by atoms with E-state index in [1.54, 1.807) is 17.8 Å². The van der Waals surface area contributed by atoms with Crippen LogP contribution < -0.4 is 4.74 Å². The van der Waals surface area contributed by atoms with Crippen LogP contribution in [0.2, 0.25) is 0 Å². The van der Waals surface area contributed by atoms with Crippen LogP contribution in [0, 0.1) is 13.8 Å². The van der Waals surface area contributed by atoms with E-state index in [2.05, 4.69) is 12.1 Å². The fourth-order valence-corrected chi connectivity index (χ4v) is 4.79. The summed E-state index contributed by atoms with van der Waals surface area (Å²) in [6, 6.07) is 21.2. The van der Waals surface area contributed by atoms with Crippen molar-refractivity contribution in [3.8, 4) is 17.2 Å². The first kappa shape index (κ1) is 23.0. The van der Waals surface area contributed by atoms with Crippen LogP contribution in [0.15, 0.2) is 76.0 Å². The van der Waals surface area contributed by atoms with Gasteiger partial charge in [0.1, 0.15) is 23.1 Å².